The van der Waals surface area contributed by atoms with Crippen molar-refractivity contribution in [1.82, 2.24) is 20.2 Å². The predicted molar refractivity (Wildman–Crippen MR) is 105 cm³/mol. The quantitative estimate of drug-likeness (QED) is 0.557. The SMILES string of the molecule is Cc1ccc(F)c(CC(=O)Cc2cnc(-c3cccc4[nH]nc(N)c34)cn2)c1. The van der Waals surface area contributed by atoms with Crippen molar-refractivity contribution in [3.05, 3.63) is 71.4 Å². The Morgan fingerprint density at radius 1 is 1.14 bits per heavy atom. The second-order valence-electron chi connectivity index (χ2n) is 6.72. The maximum absolute atomic E-state index is 13.8. The third kappa shape index (κ3) is 3.46. The third-order valence-corrected chi connectivity index (χ3v) is 4.57. The number of nitrogens with zero attached hydrogens (tertiary/aromatic N) is 3. The van der Waals surface area contributed by atoms with Crippen LogP contribution in [0.25, 0.3) is 22.2 Å². The number of benzene rings is 2. The zero-order chi connectivity index (χ0) is 19.7. The molecule has 0 aliphatic heterocycles. The number of nitrogens with two attached hydrogens (primary N) is 1. The molecule has 2 heterocycles. The lowest BCUT2D eigenvalue weighted by atomic mass is 10.0. The van der Waals surface area contributed by atoms with Gasteiger partial charge in [0.25, 0.3) is 0 Å². The highest BCUT2D eigenvalue weighted by atomic mass is 19.1. The number of aromatic nitrogens is 4. The minimum Gasteiger partial charge on any atom is -0.382 e. The first kappa shape index (κ1) is 17.8. The maximum Gasteiger partial charge on any atom is 0.153 e. The van der Waals surface area contributed by atoms with Crippen LogP contribution in [0.4, 0.5) is 10.2 Å². The van der Waals surface area contributed by atoms with E-state index in [0.717, 1.165) is 22.0 Å². The van der Waals surface area contributed by atoms with Crippen molar-refractivity contribution in [2.45, 2.75) is 19.8 Å². The van der Waals surface area contributed by atoms with E-state index in [1.54, 1.807) is 24.5 Å². The van der Waals surface area contributed by atoms with Crippen LogP contribution in [0.3, 0.4) is 0 Å². The van der Waals surface area contributed by atoms with Gasteiger partial charge in [-0.2, -0.15) is 5.10 Å². The monoisotopic (exact) mass is 375 g/mol. The van der Waals surface area contributed by atoms with Crippen molar-refractivity contribution in [1.29, 1.82) is 0 Å². The molecule has 4 rings (SSSR count). The van der Waals surface area contributed by atoms with Gasteiger partial charge in [-0.3, -0.25) is 19.9 Å². The van der Waals surface area contributed by atoms with Crippen molar-refractivity contribution < 1.29 is 9.18 Å². The lowest BCUT2D eigenvalue weighted by Gasteiger charge is -2.06. The number of aromatic amines is 1. The number of rotatable bonds is 5. The Bertz CT molecular complexity index is 1170. The van der Waals surface area contributed by atoms with Gasteiger partial charge in [0, 0.05) is 18.2 Å². The fourth-order valence-corrected chi connectivity index (χ4v) is 3.21. The summed E-state index contributed by atoms with van der Waals surface area (Å²) in [5.41, 5.74) is 10.1. The van der Waals surface area contributed by atoms with Gasteiger partial charge in [0.2, 0.25) is 0 Å². The molecule has 0 saturated heterocycles. The van der Waals surface area contributed by atoms with Crippen molar-refractivity contribution in [2.24, 2.45) is 0 Å². The van der Waals surface area contributed by atoms with E-state index in [9.17, 15) is 9.18 Å². The molecule has 4 aromatic rings. The largest absolute Gasteiger partial charge is 0.382 e. The summed E-state index contributed by atoms with van der Waals surface area (Å²) in [7, 11) is 0. The summed E-state index contributed by atoms with van der Waals surface area (Å²) in [6, 6.07) is 10.4. The van der Waals surface area contributed by atoms with Crippen LogP contribution in [0.15, 0.2) is 48.8 Å². The van der Waals surface area contributed by atoms with Gasteiger partial charge in [0.1, 0.15) is 11.6 Å². The summed E-state index contributed by atoms with van der Waals surface area (Å²) in [4.78, 5) is 21.1. The number of halogens is 1. The van der Waals surface area contributed by atoms with Crippen molar-refractivity contribution in [3.63, 3.8) is 0 Å². The van der Waals surface area contributed by atoms with Gasteiger partial charge in [-0.15, -0.1) is 0 Å². The van der Waals surface area contributed by atoms with E-state index in [4.69, 9.17) is 5.73 Å². The molecule has 6 nitrogen and oxygen atoms in total. The number of nitrogen functional groups attached to an aromatic ring is 1. The normalized spacial score (nSPS) is 11.1. The molecular formula is C21H18FN5O. The van der Waals surface area contributed by atoms with Crippen LogP contribution < -0.4 is 5.73 Å². The molecule has 0 amide bonds. The number of aryl methyl sites for hydroxylation is 1. The highest BCUT2D eigenvalue weighted by Gasteiger charge is 2.13. The lowest BCUT2D eigenvalue weighted by Crippen LogP contribution is -2.09. The minimum absolute atomic E-state index is 0.0296. The third-order valence-electron chi connectivity index (χ3n) is 4.57. The number of fused-ring (bicyclic) bond motifs is 1. The second-order valence-corrected chi connectivity index (χ2v) is 6.72. The predicted octanol–water partition coefficient (Wildman–Crippen LogP) is 3.40. The van der Waals surface area contributed by atoms with Gasteiger partial charge >= 0.3 is 0 Å². The summed E-state index contributed by atoms with van der Waals surface area (Å²) in [5.74, 6) is -0.0919. The molecule has 0 bridgehead atoms. The number of Topliss-reactive ketones (excluding diaryl/α,β-unsaturated/α-hetero) is 1. The van der Waals surface area contributed by atoms with E-state index in [-0.39, 0.29) is 24.4 Å². The Morgan fingerprint density at radius 3 is 2.79 bits per heavy atom. The molecule has 0 fully saturated rings. The van der Waals surface area contributed by atoms with E-state index >= 15 is 0 Å². The maximum atomic E-state index is 13.8. The molecular weight excluding hydrogens is 357 g/mol. The molecule has 2 aromatic carbocycles. The molecule has 3 N–H and O–H groups in total. The fraction of sp³-hybridized carbons (Fsp3) is 0.143. The summed E-state index contributed by atoms with van der Waals surface area (Å²) in [6.45, 7) is 1.87. The Labute approximate surface area is 160 Å². The molecule has 0 radical (unpaired) electrons. The van der Waals surface area contributed by atoms with Crippen LogP contribution in [0.5, 0.6) is 0 Å². The minimum atomic E-state index is -0.369. The molecule has 28 heavy (non-hydrogen) atoms. The first-order valence-electron chi connectivity index (χ1n) is 8.82. The summed E-state index contributed by atoms with van der Waals surface area (Å²) in [5, 5.41) is 7.68. The lowest BCUT2D eigenvalue weighted by molar-refractivity contribution is -0.117. The molecule has 7 heteroatoms. The number of carbonyl (C=O) groups is 1. The van der Waals surface area contributed by atoms with Crippen molar-refractivity contribution in [3.8, 4) is 11.3 Å². The van der Waals surface area contributed by atoms with Crippen molar-refractivity contribution >= 4 is 22.5 Å². The van der Waals surface area contributed by atoms with E-state index in [0.29, 0.717) is 22.8 Å². The zero-order valence-electron chi connectivity index (χ0n) is 15.2. The van der Waals surface area contributed by atoms with Gasteiger partial charge in [0.05, 0.1) is 34.9 Å². The van der Waals surface area contributed by atoms with Crippen molar-refractivity contribution in [2.75, 3.05) is 5.73 Å². The van der Waals surface area contributed by atoms with Gasteiger partial charge < -0.3 is 5.73 Å². The Balaban J connectivity index is 1.52. The number of hydrogen-bond acceptors (Lipinski definition) is 5. The molecule has 140 valence electrons. The summed E-state index contributed by atoms with van der Waals surface area (Å²) < 4.78 is 13.8. The smallest absolute Gasteiger partial charge is 0.153 e. The standard InChI is InChI=1S/C21H18FN5O/c1-12-5-6-17(22)13(7-12)8-15(28)9-14-10-25-19(11-24-14)16-3-2-4-18-20(16)21(23)27-26-18/h2-7,10-11H,8-9H2,1H3,(H3,23,26,27). The van der Waals surface area contributed by atoms with E-state index in [1.807, 2.05) is 25.1 Å². The van der Waals surface area contributed by atoms with Crippen LogP contribution in [0.1, 0.15) is 16.8 Å². The number of nitrogens with one attached hydrogen (secondary N) is 1. The van der Waals surface area contributed by atoms with Crippen LogP contribution in [0.2, 0.25) is 0 Å². The summed E-state index contributed by atoms with van der Waals surface area (Å²) in [6.07, 6.45) is 3.30. The van der Waals surface area contributed by atoms with Gasteiger partial charge in [-0.05, 0) is 24.6 Å². The van der Waals surface area contributed by atoms with Gasteiger partial charge in [-0.25, -0.2) is 4.39 Å². The Hall–Kier alpha value is -3.61. The molecule has 0 saturated carbocycles. The molecule has 0 aliphatic rings. The fourth-order valence-electron chi connectivity index (χ4n) is 3.21. The van der Waals surface area contributed by atoms with Crippen LogP contribution in [0, 0.1) is 12.7 Å². The number of anilines is 1. The molecule has 0 aliphatic carbocycles. The Morgan fingerprint density at radius 2 is 2.00 bits per heavy atom. The topological polar surface area (TPSA) is 97.5 Å². The average Bonchev–Trinajstić information content (AvgIpc) is 3.07. The van der Waals surface area contributed by atoms with Gasteiger partial charge in [0.15, 0.2) is 5.82 Å². The molecule has 0 unspecified atom stereocenters. The average molecular weight is 375 g/mol. The first-order valence-corrected chi connectivity index (χ1v) is 8.82. The number of ketones is 1. The Kier molecular flexibility index (Phi) is 4.57. The van der Waals surface area contributed by atoms with Crippen LogP contribution >= 0.6 is 0 Å². The first-order chi connectivity index (χ1) is 13.5. The molecule has 0 atom stereocenters. The number of H-pyrrole nitrogens is 1. The summed E-state index contributed by atoms with van der Waals surface area (Å²) >= 11 is 0. The van der Waals surface area contributed by atoms with E-state index < -0.39 is 0 Å². The van der Waals surface area contributed by atoms with Crippen LogP contribution in [-0.4, -0.2) is 25.9 Å². The highest BCUT2D eigenvalue weighted by Crippen LogP contribution is 2.29. The highest BCUT2D eigenvalue weighted by molar-refractivity contribution is 6.00. The van der Waals surface area contributed by atoms with Crippen LogP contribution in [-0.2, 0) is 17.6 Å². The zero-order valence-corrected chi connectivity index (χ0v) is 15.2. The van der Waals surface area contributed by atoms with E-state index in [2.05, 4.69) is 20.2 Å². The number of hydrogen-bond donors (Lipinski definition) is 2. The second kappa shape index (κ2) is 7.19. The van der Waals surface area contributed by atoms with E-state index in [1.165, 1.54) is 6.07 Å². The molecule has 2 aromatic heterocycles. The van der Waals surface area contributed by atoms with Gasteiger partial charge in [-0.1, -0.05) is 29.8 Å². The number of carbonyl (C=O) groups excluding carboxylic acids is 1. The molecule has 0 spiro atoms.